The molecule has 0 saturated heterocycles. The molecular formula is C23H19N7. The summed E-state index contributed by atoms with van der Waals surface area (Å²) in [5.41, 5.74) is 6.88. The van der Waals surface area contributed by atoms with Gasteiger partial charge in [0, 0.05) is 36.0 Å². The Hall–Kier alpha value is -4.13. The highest BCUT2D eigenvalue weighted by Crippen LogP contribution is 2.29. The van der Waals surface area contributed by atoms with Crippen LogP contribution in [-0.2, 0) is 12.8 Å². The molecular weight excluding hydrogens is 374 g/mol. The van der Waals surface area contributed by atoms with E-state index in [4.69, 9.17) is 0 Å². The average Bonchev–Trinajstić information content (AvgIpc) is 3.53. The van der Waals surface area contributed by atoms with Gasteiger partial charge in [0.1, 0.15) is 0 Å². The van der Waals surface area contributed by atoms with Gasteiger partial charge in [0.25, 0.3) is 0 Å². The Morgan fingerprint density at radius 1 is 0.867 bits per heavy atom. The number of aromatic amines is 1. The molecule has 3 aromatic heterocycles. The molecule has 7 nitrogen and oxygen atoms in total. The van der Waals surface area contributed by atoms with E-state index in [1.54, 1.807) is 18.7 Å². The van der Waals surface area contributed by atoms with Gasteiger partial charge in [-0.1, -0.05) is 30.3 Å². The molecule has 7 heteroatoms. The number of nitrogens with zero attached hydrogens (tertiary/aromatic N) is 6. The number of aromatic nitrogens is 7. The maximum Gasteiger partial charge on any atom is 0.179 e. The largest absolute Gasteiger partial charge is 0.306 e. The predicted octanol–water partition coefficient (Wildman–Crippen LogP) is 3.90. The highest BCUT2D eigenvalue weighted by Gasteiger charge is 2.10. The average molecular weight is 393 g/mol. The van der Waals surface area contributed by atoms with Crippen molar-refractivity contribution in [1.29, 1.82) is 0 Å². The molecule has 0 saturated carbocycles. The number of hydrogen-bond donors (Lipinski definition) is 1. The van der Waals surface area contributed by atoms with Gasteiger partial charge >= 0.3 is 0 Å². The van der Waals surface area contributed by atoms with Crippen molar-refractivity contribution in [2.45, 2.75) is 12.8 Å². The van der Waals surface area contributed by atoms with Crippen LogP contribution in [0.1, 0.15) is 11.1 Å². The molecule has 5 aromatic rings. The second-order valence-corrected chi connectivity index (χ2v) is 7.00. The third-order valence-electron chi connectivity index (χ3n) is 5.11. The Kier molecular flexibility index (Phi) is 4.83. The third kappa shape index (κ3) is 3.73. The van der Waals surface area contributed by atoms with Crippen molar-refractivity contribution in [3.8, 4) is 28.2 Å². The Balaban J connectivity index is 1.49. The molecule has 0 amide bonds. The lowest BCUT2D eigenvalue weighted by atomic mass is 9.93. The number of benzene rings is 2. The Morgan fingerprint density at radius 2 is 1.77 bits per heavy atom. The van der Waals surface area contributed by atoms with Crippen LogP contribution in [0.25, 0.3) is 28.2 Å². The minimum atomic E-state index is 0.666. The van der Waals surface area contributed by atoms with Crippen LogP contribution in [0.5, 0.6) is 0 Å². The zero-order valence-electron chi connectivity index (χ0n) is 16.2. The van der Waals surface area contributed by atoms with E-state index in [0.717, 1.165) is 24.1 Å². The molecule has 0 unspecified atom stereocenters. The number of tetrazole rings is 1. The molecule has 1 N–H and O–H groups in total. The van der Waals surface area contributed by atoms with E-state index >= 15 is 0 Å². The summed E-state index contributed by atoms with van der Waals surface area (Å²) in [6, 6.07) is 18.9. The van der Waals surface area contributed by atoms with E-state index < -0.39 is 0 Å². The van der Waals surface area contributed by atoms with E-state index in [-0.39, 0.29) is 0 Å². The van der Waals surface area contributed by atoms with Crippen LogP contribution < -0.4 is 0 Å². The summed E-state index contributed by atoms with van der Waals surface area (Å²) in [6.07, 6.45) is 11.0. The molecule has 2 aromatic carbocycles. The minimum Gasteiger partial charge on any atom is -0.306 e. The first-order chi connectivity index (χ1) is 14.9. The lowest BCUT2D eigenvalue weighted by Crippen LogP contribution is -1.97. The fourth-order valence-electron chi connectivity index (χ4n) is 3.56. The second-order valence-electron chi connectivity index (χ2n) is 7.00. The Morgan fingerprint density at radius 3 is 2.50 bits per heavy atom. The molecule has 30 heavy (non-hydrogen) atoms. The molecule has 0 radical (unpaired) electrons. The predicted molar refractivity (Wildman–Crippen MR) is 114 cm³/mol. The molecule has 0 spiro atoms. The summed E-state index contributed by atoms with van der Waals surface area (Å²) >= 11 is 0. The highest BCUT2D eigenvalue weighted by molar-refractivity contribution is 5.72. The van der Waals surface area contributed by atoms with Gasteiger partial charge < -0.3 is 4.57 Å². The minimum absolute atomic E-state index is 0.666. The second kappa shape index (κ2) is 8.08. The van der Waals surface area contributed by atoms with Crippen LogP contribution in [0.15, 0.2) is 85.7 Å². The van der Waals surface area contributed by atoms with E-state index in [1.165, 1.54) is 22.3 Å². The molecule has 5 rings (SSSR count). The number of nitrogens with one attached hydrogen (secondary N) is 1. The fraction of sp³-hybridized carbons (Fsp3) is 0.0870. The summed E-state index contributed by atoms with van der Waals surface area (Å²) in [5.74, 6) is 0.666. The van der Waals surface area contributed by atoms with Crippen LogP contribution in [-0.4, -0.2) is 35.2 Å². The smallest absolute Gasteiger partial charge is 0.179 e. The first-order valence-corrected chi connectivity index (χ1v) is 9.71. The molecule has 0 atom stereocenters. The van der Waals surface area contributed by atoms with Crippen molar-refractivity contribution in [3.05, 3.63) is 96.8 Å². The molecule has 0 fully saturated rings. The normalized spacial score (nSPS) is 10.9. The summed E-state index contributed by atoms with van der Waals surface area (Å²) in [5, 5.41) is 14.3. The van der Waals surface area contributed by atoms with E-state index in [9.17, 15) is 0 Å². The van der Waals surface area contributed by atoms with Gasteiger partial charge in [-0.3, -0.25) is 4.98 Å². The highest BCUT2D eigenvalue weighted by atomic mass is 15.5. The maximum absolute atomic E-state index is 4.23. The van der Waals surface area contributed by atoms with Crippen molar-refractivity contribution in [2.75, 3.05) is 0 Å². The fourth-order valence-corrected chi connectivity index (χ4v) is 3.56. The standard InChI is InChI=1S/C23H19N7/c1-2-17(15-24-11-1)3-4-19-14-20(23-26-28-29-27-23)7-10-22(19)18-5-8-21(9-6-18)30-13-12-25-16-30/h1-2,5-16H,3-4H2,(H,26,27,28,29). The zero-order valence-corrected chi connectivity index (χ0v) is 16.2. The topological polar surface area (TPSA) is 85.2 Å². The van der Waals surface area contributed by atoms with E-state index in [2.05, 4.69) is 79.1 Å². The van der Waals surface area contributed by atoms with Crippen molar-refractivity contribution in [2.24, 2.45) is 0 Å². The van der Waals surface area contributed by atoms with Crippen LogP contribution >= 0.6 is 0 Å². The molecule has 0 aliphatic rings. The molecule has 3 heterocycles. The monoisotopic (exact) mass is 393 g/mol. The lowest BCUT2D eigenvalue weighted by Gasteiger charge is -2.13. The SMILES string of the molecule is c1cncc(CCc2cc(-c3nnn[nH]3)ccc2-c2ccc(-n3ccnc3)cc2)c1. The van der Waals surface area contributed by atoms with Gasteiger partial charge in [-0.15, -0.1) is 5.10 Å². The Labute approximate surface area is 173 Å². The van der Waals surface area contributed by atoms with Crippen molar-refractivity contribution < 1.29 is 0 Å². The molecule has 146 valence electrons. The Bertz CT molecular complexity index is 1210. The molecule has 0 bridgehead atoms. The number of imidazole rings is 1. The van der Waals surface area contributed by atoms with Gasteiger partial charge in [-0.25, -0.2) is 10.1 Å². The van der Waals surface area contributed by atoms with Crippen molar-refractivity contribution >= 4 is 0 Å². The number of aryl methyl sites for hydroxylation is 2. The number of hydrogen-bond acceptors (Lipinski definition) is 5. The molecule has 0 aliphatic heterocycles. The van der Waals surface area contributed by atoms with Gasteiger partial charge in [0.15, 0.2) is 5.82 Å². The molecule has 0 aliphatic carbocycles. The van der Waals surface area contributed by atoms with Crippen LogP contribution in [0, 0.1) is 0 Å². The van der Waals surface area contributed by atoms with Crippen molar-refractivity contribution in [1.82, 2.24) is 35.2 Å². The van der Waals surface area contributed by atoms with Crippen LogP contribution in [0.3, 0.4) is 0 Å². The van der Waals surface area contributed by atoms with Gasteiger partial charge in [-0.05, 0) is 69.8 Å². The van der Waals surface area contributed by atoms with Crippen molar-refractivity contribution in [3.63, 3.8) is 0 Å². The number of rotatable bonds is 6. The van der Waals surface area contributed by atoms with Crippen LogP contribution in [0.4, 0.5) is 0 Å². The number of H-pyrrole nitrogens is 1. The summed E-state index contributed by atoms with van der Waals surface area (Å²) in [7, 11) is 0. The van der Waals surface area contributed by atoms with Crippen LogP contribution in [0.2, 0.25) is 0 Å². The van der Waals surface area contributed by atoms with E-state index in [1.807, 2.05) is 23.0 Å². The first kappa shape index (κ1) is 17.9. The zero-order chi connectivity index (χ0) is 20.2. The van der Waals surface area contributed by atoms with Gasteiger partial charge in [0.05, 0.1) is 6.33 Å². The first-order valence-electron chi connectivity index (χ1n) is 9.71. The van der Waals surface area contributed by atoms with E-state index in [0.29, 0.717) is 5.82 Å². The summed E-state index contributed by atoms with van der Waals surface area (Å²) in [6.45, 7) is 0. The van der Waals surface area contributed by atoms with Gasteiger partial charge in [-0.2, -0.15) is 0 Å². The third-order valence-corrected chi connectivity index (χ3v) is 5.11. The number of pyridine rings is 1. The quantitative estimate of drug-likeness (QED) is 0.473. The lowest BCUT2D eigenvalue weighted by molar-refractivity contribution is 0.881. The summed E-state index contributed by atoms with van der Waals surface area (Å²) in [4.78, 5) is 8.35. The maximum atomic E-state index is 4.23. The van der Waals surface area contributed by atoms with Gasteiger partial charge in [0.2, 0.25) is 0 Å². The summed E-state index contributed by atoms with van der Waals surface area (Å²) < 4.78 is 1.99.